The monoisotopic (exact) mass is 494 g/mol. The largest absolute Gasteiger partial charge is 0.370 e. The van der Waals surface area contributed by atoms with Gasteiger partial charge in [0.15, 0.2) is 5.96 Å². The summed E-state index contributed by atoms with van der Waals surface area (Å²) < 4.78 is 0. The highest BCUT2D eigenvalue weighted by Crippen LogP contribution is 2.17. The molecule has 0 aliphatic rings. The Labute approximate surface area is 213 Å². The van der Waals surface area contributed by atoms with Gasteiger partial charge in [-0.05, 0) is 36.3 Å². The van der Waals surface area contributed by atoms with Gasteiger partial charge in [-0.3, -0.25) is 14.6 Å². The van der Waals surface area contributed by atoms with Gasteiger partial charge in [0, 0.05) is 13.1 Å². The van der Waals surface area contributed by atoms with E-state index in [1.807, 2.05) is 74.5 Å². The topological polar surface area (TPSA) is 157 Å². The van der Waals surface area contributed by atoms with E-state index in [4.69, 9.17) is 17.2 Å². The lowest BCUT2D eigenvalue weighted by atomic mass is 9.99. The molecule has 0 saturated carbocycles. The maximum Gasteiger partial charge on any atom is 0.246 e. The van der Waals surface area contributed by atoms with Gasteiger partial charge in [-0.15, -0.1) is 0 Å². The van der Waals surface area contributed by atoms with Crippen LogP contribution in [0.1, 0.15) is 37.8 Å². The smallest absolute Gasteiger partial charge is 0.246 e. The Kier molecular flexibility index (Phi) is 11.6. The summed E-state index contributed by atoms with van der Waals surface area (Å²) in [6.45, 7) is 4.26. The molecule has 0 spiro atoms. The van der Waals surface area contributed by atoms with Crippen LogP contribution in [-0.2, 0) is 27.3 Å². The number of rotatable bonds is 14. The summed E-state index contributed by atoms with van der Waals surface area (Å²) >= 11 is 0. The van der Waals surface area contributed by atoms with Crippen LogP contribution in [0.3, 0.4) is 0 Å². The third-order valence-corrected chi connectivity index (χ3v) is 5.85. The Balaban J connectivity index is 2.21. The summed E-state index contributed by atoms with van der Waals surface area (Å²) in [5, 5.41) is 2.84. The van der Waals surface area contributed by atoms with Crippen molar-refractivity contribution in [2.24, 2.45) is 28.1 Å². The summed E-state index contributed by atoms with van der Waals surface area (Å²) in [7, 11) is 0. The highest BCUT2D eigenvalue weighted by Gasteiger charge is 2.33. The molecule has 0 heterocycles. The van der Waals surface area contributed by atoms with Gasteiger partial charge in [-0.2, -0.15) is 0 Å². The minimum absolute atomic E-state index is 0.0238. The van der Waals surface area contributed by atoms with E-state index in [1.54, 1.807) is 0 Å². The van der Waals surface area contributed by atoms with Crippen molar-refractivity contribution in [3.05, 3.63) is 71.8 Å². The van der Waals surface area contributed by atoms with Crippen LogP contribution in [0.4, 0.5) is 0 Å². The molecule has 9 nitrogen and oxygen atoms in total. The highest BCUT2D eigenvalue weighted by molar-refractivity contribution is 5.91. The maximum absolute atomic E-state index is 13.8. The molecule has 36 heavy (non-hydrogen) atoms. The molecule has 0 fully saturated rings. The van der Waals surface area contributed by atoms with E-state index in [0.29, 0.717) is 25.8 Å². The summed E-state index contributed by atoms with van der Waals surface area (Å²) in [5.74, 6) is -1.00. The molecule has 0 aromatic heterocycles. The number of hydrogen-bond donors (Lipinski definition) is 4. The molecule has 194 valence electrons. The molecule has 0 bridgehead atoms. The predicted molar refractivity (Wildman–Crippen MR) is 142 cm³/mol. The maximum atomic E-state index is 13.8. The van der Waals surface area contributed by atoms with Gasteiger partial charge in [-0.25, -0.2) is 0 Å². The second kappa shape index (κ2) is 14.6. The molecular weight excluding hydrogens is 456 g/mol. The third-order valence-electron chi connectivity index (χ3n) is 5.85. The Morgan fingerprint density at radius 3 is 2.11 bits per heavy atom. The quantitative estimate of drug-likeness (QED) is 0.134. The van der Waals surface area contributed by atoms with Gasteiger partial charge in [0.05, 0.1) is 12.1 Å². The lowest BCUT2D eigenvalue weighted by molar-refractivity contribution is -0.142. The number of amides is 2. The van der Waals surface area contributed by atoms with Gasteiger partial charge in [0.1, 0.15) is 12.3 Å². The van der Waals surface area contributed by atoms with Crippen molar-refractivity contribution in [1.82, 2.24) is 10.2 Å². The van der Waals surface area contributed by atoms with E-state index in [2.05, 4.69) is 10.3 Å². The molecule has 2 rings (SSSR count). The van der Waals surface area contributed by atoms with Crippen molar-refractivity contribution < 1.29 is 14.4 Å². The number of benzene rings is 2. The van der Waals surface area contributed by atoms with Crippen molar-refractivity contribution in [1.29, 1.82) is 0 Å². The number of hydrogen-bond acceptors (Lipinski definition) is 5. The zero-order valence-corrected chi connectivity index (χ0v) is 21.0. The number of nitrogens with two attached hydrogens (primary N) is 3. The minimum Gasteiger partial charge on any atom is -0.370 e. The average molecular weight is 495 g/mol. The zero-order valence-electron chi connectivity index (χ0n) is 21.0. The van der Waals surface area contributed by atoms with Crippen LogP contribution in [0.2, 0.25) is 0 Å². The standard InChI is InChI=1S/C27H38N6O3/c1-19(2)24(32-25(35)23(28)16-20-10-5-3-6-11-20)26(36)33(17-21-12-7-4-8-13-21)22(18-34)14-9-15-31-27(29)30/h3-8,10-13,18-19,22-24H,9,14-17,28H2,1-2H3,(H,32,35)(H4,29,30,31)/t22-,23-,24-/m0/s1. The van der Waals surface area contributed by atoms with Gasteiger partial charge in [0.25, 0.3) is 0 Å². The first-order valence-corrected chi connectivity index (χ1v) is 12.2. The van der Waals surface area contributed by atoms with Crippen molar-refractivity contribution in [3.8, 4) is 0 Å². The van der Waals surface area contributed by atoms with Gasteiger partial charge >= 0.3 is 0 Å². The van der Waals surface area contributed by atoms with Crippen molar-refractivity contribution in [2.75, 3.05) is 6.54 Å². The van der Waals surface area contributed by atoms with Gasteiger partial charge in [-0.1, -0.05) is 74.5 Å². The zero-order chi connectivity index (χ0) is 26.5. The molecule has 3 atom stereocenters. The van der Waals surface area contributed by atoms with E-state index >= 15 is 0 Å². The summed E-state index contributed by atoms with van der Waals surface area (Å²) in [4.78, 5) is 44.3. The number of carbonyl (C=O) groups excluding carboxylic acids is 3. The van der Waals surface area contributed by atoms with Crippen LogP contribution in [0.15, 0.2) is 65.7 Å². The molecule has 0 radical (unpaired) electrons. The Morgan fingerprint density at radius 1 is 1.00 bits per heavy atom. The Bertz CT molecular complexity index is 993. The van der Waals surface area contributed by atoms with E-state index < -0.39 is 24.0 Å². The molecule has 7 N–H and O–H groups in total. The van der Waals surface area contributed by atoms with E-state index in [0.717, 1.165) is 17.4 Å². The normalized spacial score (nSPS) is 13.3. The van der Waals surface area contributed by atoms with E-state index in [1.165, 1.54) is 4.90 Å². The van der Waals surface area contributed by atoms with Crippen LogP contribution in [0.5, 0.6) is 0 Å². The SMILES string of the molecule is CC(C)[C@H](NC(=O)[C@@H](N)Cc1ccccc1)C(=O)N(Cc1ccccc1)[C@H](C=O)CCCN=C(N)N. The molecular formula is C27H38N6O3. The molecule has 2 aromatic rings. The van der Waals surface area contributed by atoms with Crippen molar-refractivity contribution in [2.45, 2.75) is 57.8 Å². The van der Waals surface area contributed by atoms with E-state index in [9.17, 15) is 14.4 Å². The summed E-state index contributed by atoms with van der Waals surface area (Å²) in [5.41, 5.74) is 18.7. The molecule has 0 unspecified atom stereocenters. The summed E-state index contributed by atoms with van der Waals surface area (Å²) in [6, 6.07) is 16.5. The number of nitrogens with zero attached hydrogens (tertiary/aromatic N) is 2. The first-order chi connectivity index (χ1) is 17.2. The van der Waals surface area contributed by atoms with Crippen LogP contribution in [0.25, 0.3) is 0 Å². The molecule has 2 amide bonds. The average Bonchev–Trinajstić information content (AvgIpc) is 2.86. The molecule has 0 saturated heterocycles. The number of aldehydes is 1. The van der Waals surface area contributed by atoms with Crippen LogP contribution < -0.4 is 22.5 Å². The van der Waals surface area contributed by atoms with Gasteiger partial charge in [0.2, 0.25) is 11.8 Å². The molecule has 9 heteroatoms. The lowest BCUT2D eigenvalue weighted by Crippen LogP contribution is -2.56. The second-order valence-corrected chi connectivity index (χ2v) is 9.13. The Hall–Kier alpha value is -3.72. The second-order valence-electron chi connectivity index (χ2n) is 9.13. The van der Waals surface area contributed by atoms with E-state index in [-0.39, 0.29) is 24.3 Å². The third kappa shape index (κ3) is 9.14. The predicted octanol–water partition coefficient (Wildman–Crippen LogP) is 1.35. The van der Waals surface area contributed by atoms with Crippen molar-refractivity contribution >= 4 is 24.1 Å². The van der Waals surface area contributed by atoms with Crippen molar-refractivity contribution in [3.63, 3.8) is 0 Å². The van der Waals surface area contributed by atoms with Crippen LogP contribution in [-0.4, -0.2) is 53.6 Å². The first kappa shape index (κ1) is 28.5. The fourth-order valence-corrected chi connectivity index (χ4v) is 3.86. The fourth-order valence-electron chi connectivity index (χ4n) is 3.86. The van der Waals surface area contributed by atoms with Crippen LogP contribution >= 0.6 is 0 Å². The number of guanidine groups is 1. The molecule has 0 aliphatic heterocycles. The summed E-state index contributed by atoms with van der Waals surface area (Å²) in [6.07, 6.45) is 2.00. The minimum atomic E-state index is -0.844. The number of carbonyl (C=O) groups is 3. The number of aliphatic imine (C=N–C) groups is 1. The Morgan fingerprint density at radius 2 is 1.58 bits per heavy atom. The fraction of sp³-hybridized carbons (Fsp3) is 0.407. The first-order valence-electron chi connectivity index (χ1n) is 12.2. The highest BCUT2D eigenvalue weighted by atomic mass is 16.2. The number of nitrogens with one attached hydrogen (secondary N) is 1. The molecule has 2 aromatic carbocycles. The van der Waals surface area contributed by atoms with Gasteiger partial charge < -0.3 is 32.2 Å². The molecule has 0 aliphatic carbocycles. The lowest BCUT2D eigenvalue weighted by Gasteiger charge is -2.34. The van der Waals surface area contributed by atoms with Crippen LogP contribution in [0, 0.1) is 5.92 Å².